The molecule has 0 radical (unpaired) electrons. The Morgan fingerprint density at radius 2 is 1.77 bits per heavy atom. The Morgan fingerprint density at radius 3 is 2.49 bits per heavy atom. The largest absolute Gasteiger partial charge is 0.379 e. The monoisotopic (exact) mass is 504 g/mol. The minimum absolute atomic E-state index is 0.0876. The molecule has 0 aromatic carbocycles. The zero-order valence-corrected chi connectivity index (χ0v) is 21.0. The first-order chi connectivity index (χ1) is 17.2. The first-order valence-corrected chi connectivity index (χ1v) is 13.2. The van der Waals surface area contributed by atoms with Gasteiger partial charge in [0.05, 0.1) is 45.1 Å². The van der Waals surface area contributed by atoms with E-state index in [9.17, 15) is 9.59 Å². The minimum Gasteiger partial charge on any atom is -0.379 e. The van der Waals surface area contributed by atoms with Crippen molar-refractivity contribution in [3.05, 3.63) is 35.5 Å². The van der Waals surface area contributed by atoms with Crippen LogP contribution in [0.2, 0.25) is 0 Å². The van der Waals surface area contributed by atoms with Crippen LogP contribution in [-0.4, -0.2) is 68.3 Å². The summed E-state index contributed by atoms with van der Waals surface area (Å²) in [4.78, 5) is 32.5. The van der Waals surface area contributed by atoms with E-state index in [0.717, 1.165) is 48.6 Å². The van der Waals surface area contributed by atoms with Gasteiger partial charge >= 0.3 is 0 Å². The summed E-state index contributed by atoms with van der Waals surface area (Å²) in [5.41, 5.74) is 0.477. The highest BCUT2D eigenvalue weighted by molar-refractivity contribution is 7.13. The molecule has 192 valence electrons. The van der Waals surface area contributed by atoms with Crippen molar-refractivity contribution < 1.29 is 23.8 Å². The van der Waals surface area contributed by atoms with Gasteiger partial charge in [-0.15, -0.1) is 11.3 Å². The van der Waals surface area contributed by atoms with Gasteiger partial charge in [-0.05, 0) is 25.0 Å². The van der Waals surface area contributed by atoms with Gasteiger partial charge in [0.15, 0.2) is 5.13 Å². The van der Waals surface area contributed by atoms with Gasteiger partial charge in [-0.3, -0.25) is 4.79 Å². The van der Waals surface area contributed by atoms with Gasteiger partial charge in [0.2, 0.25) is 5.91 Å². The molecule has 2 aromatic heterocycles. The van der Waals surface area contributed by atoms with Crippen LogP contribution in [0, 0.1) is 5.41 Å². The highest BCUT2D eigenvalue weighted by Crippen LogP contribution is 2.39. The van der Waals surface area contributed by atoms with E-state index < -0.39 is 5.41 Å². The molecule has 2 N–H and O–H groups in total. The molecule has 9 nitrogen and oxygen atoms in total. The third kappa shape index (κ3) is 9.64. The Kier molecular flexibility index (Phi) is 12.1. The van der Waals surface area contributed by atoms with Gasteiger partial charge in [-0.25, -0.2) is 9.97 Å². The van der Waals surface area contributed by atoms with E-state index in [1.165, 1.54) is 17.8 Å². The number of hydrogen-bond donors (Lipinski definition) is 2. The van der Waals surface area contributed by atoms with E-state index in [0.29, 0.717) is 59.0 Å². The summed E-state index contributed by atoms with van der Waals surface area (Å²) in [6.45, 7) is 3.18. The van der Waals surface area contributed by atoms with Crippen LogP contribution in [0.3, 0.4) is 0 Å². The molecule has 1 saturated carbocycles. The number of pyridine rings is 1. The second-order valence-corrected chi connectivity index (χ2v) is 9.44. The fourth-order valence-corrected chi connectivity index (χ4v) is 4.74. The number of aldehydes is 1. The van der Waals surface area contributed by atoms with Crippen molar-refractivity contribution in [3.63, 3.8) is 0 Å². The minimum atomic E-state index is -0.433. The Hall–Kier alpha value is -2.40. The van der Waals surface area contributed by atoms with Crippen LogP contribution in [0.25, 0.3) is 0 Å². The zero-order valence-electron chi connectivity index (χ0n) is 20.2. The predicted octanol–water partition coefficient (Wildman–Crippen LogP) is 3.53. The number of carbonyl (C=O) groups excluding carboxylic acids is 2. The molecule has 1 aliphatic carbocycles. The number of amides is 1. The van der Waals surface area contributed by atoms with Gasteiger partial charge in [0.1, 0.15) is 12.1 Å². The third-order valence-corrected chi connectivity index (χ3v) is 6.63. The second kappa shape index (κ2) is 15.6. The molecule has 2 heterocycles. The molecule has 1 amide bonds. The second-order valence-electron chi connectivity index (χ2n) is 8.54. The van der Waals surface area contributed by atoms with Gasteiger partial charge in [-0.2, -0.15) is 0 Å². The third-order valence-electron chi connectivity index (χ3n) is 5.94. The van der Waals surface area contributed by atoms with Crippen LogP contribution >= 0.6 is 11.3 Å². The Morgan fingerprint density at radius 1 is 1.03 bits per heavy atom. The Bertz CT molecular complexity index is 875. The van der Waals surface area contributed by atoms with Crippen LogP contribution in [0.1, 0.15) is 44.2 Å². The number of aromatic nitrogens is 2. The molecule has 0 aliphatic heterocycles. The van der Waals surface area contributed by atoms with Crippen molar-refractivity contribution in [1.29, 1.82) is 0 Å². The van der Waals surface area contributed by atoms with Crippen molar-refractivity contribution in [2.45, 2.75) is 44.9 Å². The molecule has 0 spiro atoms. The molecule has 10 heteroatoms. The molecular formula is C25H36N4O5S. The fourth-order valence-electron chi connectivity index (χ4n) is 4.20. The molecule has 35 heavy (non-hydrogen) atoms. The first-order valence-electron chi connectivity index (χ1n) is 12.3. The summed E-state index contributed by atoms with van der Waals surface area (Å²) in [6, 6.07) is 5.88. The first kappa shape index (κ1) is 27.2. The molecule has 1 aliphatic rings. The zero-order chi connectivity index (χ0) is 24.6. The van der Waals surface area contributed by atoms with Crippen molar-refractivity contribution in [1.82, 2.24) is 15.3 Å². The van der Waals surface area contributed by atoms with E-state index in [4.69, 9.17) is 19.2 Å². The van der Waals surface area contributed by atoms with Gasteiger partial charge < -0.3 is 29.6 Å². The van der Waals surface area contributed by atoms with E-state index in [-0.39, 0.29) is 5.91 Å². The topological polar surface area (TPSA) is 112 Å². The smallest absolute Gasteiger partial charge is 0.226 e. The molecule has 2 aromatic rings. The maximum atomic E-state index is 13.3. The standard InChI is InChI=1S/C25H36N4O5S/c30-12-5-13-32-15-17-34-18-16-33-14-10-26-23(31)25(8-2-1-3-9-25)20-21-6-4-7-22(28-21)29-24-27-11-19-35-24/h4,6-7,11-12,19H,1-3,5,8-10,13-18,20H2,(H,26,31)(H,27,28,29). The summed E-state index contributed by atoms with van der Waals surface area (Å²) >= 11 is 1.52. The Balaban J connectivity index is 1.39. The number of nitrogens with one attached hydrogen (secondary N) is 2. The number of anilines is 2. The Labute approximate surface area is 211 Å². The number of carbonyl (C=O) groups is 2. The van der Waals surface area contributed by atoms with Crippen molar-refractivity contribution in [2.75, 3.05) is 51.5 Å². The van der Waals surface area contributed by atoms with Gasteiger partial charge in [-0.1, -0.05) is 25.3 Å². The maximum Gasteiger partial charge on any atom is 0.226 e. The lowest BCUT2D eigenvalue weighted by molar-refractivity contribution is -0.133. The van der Waals surface area contributed by atoms with Gasteiger partial charge in [0, 0.05) is 36.7 Å². The number of hydrogen-bond acceptors (Lipinski definition) is 9. The van der Waals surface area contributed by atoms with Crippen LogP contribution in [0.15, 0.2) is 29.8 Å². The highest BCUT2D eigenvalue weighted by Gasteiger charge is 2.39. The summed E-state index contributed by atoms with van der Waals surface area (Å²) < 4.78 is 16.2. The van der Waals surface area contributed by atoms with Crippen molar-refractivity contribution in [3.8, 4) is 0 Å². The number of thiazole rings is 1. The number of rotatable bonds is 17. The lowest BCUT2D eigenvalue weighted by Gasteiger charge is -2.35. The average Bonchev–Trinajstić information content (AvgIpc) is 3.38. The fraction of sp³-hybridized carbons (Fsp3) is 0.600. The average molecular weight is 505 g/mol. The van der Waals surface area contributed by atoms with E-state index in [2.05, 4.69) is 15.6 Å². The lowest BCUT2D eigenvalue weighted by Crippen LogP contribution is -2.45. The van der Waals surface area contributed by atoms with E-state index in [1.54, 1.807) is 6.20 Å². The van der Waals surface area contributed by atoms with Crippen molar-refractivity contribution in [2.24, 2.45) is 5.41 Å². The normalized spacial score (nSPS) is 15.0. The van der Waals surface area contributed by atoms with Crippen LogP contribution in [0.5, 0.6) is 0 Å². The van der Waals surface area contributed by atoms with Crippen LogP contribution < -0.4 is 10.6 Å². The molecule has 0 bridgehead atoms. The molecule has 0 unspecified atom stereocenters. The van der Waals surface area contributed by atoms with Crippen molar-refractivity contribution >= 4 is 34.5 Å². The number of nitrogens with zero attached hydrogens (tertiary/aromatic N) is 2. The molecule has 0 saturated heterocycles. The summed E-state index contributed by atoms with van der Waals surface area (Å²) in [5.74, 6) is 0.830. The van der Waals surface area contributed by atoms with Crippen LogP contribution in [-0.2, 0) is 30.2 Å². The molecular weight excluding hydrogens is 468 g/mol. The number of ether oxygens (including phenoxy) is 3. The quantitative estimate of drug-likeness (QED) is 0.249. The lowest BCUT2D eigenvalue weighted by atomic mass is 9.70. The summed E-state index contributed by atoms with van der Waals surface area (Å²) in [5, 5.41) is 9.04. The molecule has 0 atom stereocenters. The van der Waals surface area contributed by atoms with Crippen LogP contribution in [0.4, 0.5) is 10.9 Å². The summed E-state index contributed by atoms with van der Waals surface area (Å²) in [7, 11) is 0. The molecule has 1 fully saturated rings. The highest BCUT2D eigenvalue weighted by atomic mass is 32.1. The summed E-state index contributed by atoms with van der Waals surface area (Å²) in [6.07, 6.45) is 8.63. The SMILES string of the molecule is O=CCCOCCOCCOCCNC(=O)C1(Cc2cccc(Nc3nccs3)n2)CCCCC1. The van der Waals surface area contributed by atoms with Gasteiger partial charge in [0.25, 0.3) is 0 Å². The predicted molar refractivity (Wildman–Crippen MR) is 135 cm³/mol. The van der Waals surface area contributed by atoms with E-state index >= 15 is 0 Å². The molecule has 3 rings (SSSR count). The maximum absolute atomic E-state index is 13.3. The van der Waals surface area contributed by atoms with E-state index in [1.807, 2.05) is 23.6 Å².